The Morgan fingerprint density at radius 2 is 2.12 bits per heavy atom. The third-order valence-electron chi connectivity index (χ3n) is 3.55. The minimum atomic E-state index is -0.553. The van der Waals surface area contributed by atoms with Crippen LogP contribution >= 0.6 is 11.6 Å². The van der Waals surface area contributed by atoms with Crippen molar-refractivity contribution in [2.45, 2.75) is 13.8 Å². The number of nitrogens with zero attached hydrogens (tertiary/aromatic N) is 2. The molecule has 0 fully saturated rings. The molecule has 0 bridgehead atoms. The number of hydrogen-bond acceptors (Lipinski definition) is 5. The van der Waals surface area contributed by atoms with Crippen molar-refractivity contribution in [1.82, 2.24) is 9.97 Å². The lowest BCUT2D eigenvalue weighted by atomic mass is 10.1. The quantitative estimate of drug-likeness (QED) is 0.687. The molecule has 3 aromatic rings. The molecule has 0 amide bonds. The Hall–Kier alpha value is -2.73. The van der Waals surface area contributed by atoms with Gasteiger partial charge in [-0.05, 0) is 44.2 Å². The highest BCUT2D eigenvalue weighted by Crippen LogP contribution is 2.31. The van der Waals surface area contributed by atoms with Gasteiger partial charge in [0.25, 0.3) is 0 Å². The van der Waals surface area contributed by atoms with Gasteiger partial charge >= 0.3 is 5.97 Å². The van der Waals surface area contributed by atoms with Crippen molar-refractivity contribution in [2.75, 3.05) is 11.9 Å². The fraction of sp³-hybridized carbons (Fsp3) is 0.167. The molecule has 2 aromatic heterocycles. The molecular weight excluding hydrogens is 345 g/mol. The molecule has 2 heterocycles. The number of ether oxygens (including phenoxy) is 1. The van der Waals surface area contributed by atoms with Crippen molar-refractivity contribution in [3.8, 4) is 0 Å². The molecule has 0 atom stereocenters. The molecule has 0 aliphatic heterocycles. The summed E-state index contributed by atoms with van der Waals surface area (Å²) in [5, 5.41) is 3.89. The highest BCUT2D eigenvalue weighted by atomic mass is 35.5. The highest BCUT2D eigenvalue weighted by Gasteiger charge is 2.18. The topological polar surface area (TPSA) is 64.1 Å². The van der Waals surface area contributed by atoms with Gasteiger partial charge in [0.1, 0.15) is 11.4 Å². The molecule has 0 aliphatic carbocycles. The lowest BCUT2D eigenvalue weighted by Gasteiger charge is -2.14. The molecule has 5 nitrogen and oxygen atoms in total. The van der Waals surface area contributed by atoms with Gasteiger partial charge in [0.2, 0.25) is 0 Å². The van der Waals surface area contributed by atoms with Crippen LogP contribution in [0.5, 0.6) is 0 Å². The van der Waals surface area contributed by atoms with Gasteiger partial charge in [-0.2, -0.15) is 0 Å². The maximum atomic E-state index is 14.1. The van der Waals surface area contributed by atoms with Crippen LogP contribution < -0.4 is 5.32 Å². The van der Waals surface area contributed by atoms with Gasteiger partial charge in [-0.15, -0.1) is 0 Å². The summed E-state index contributed by atoms with van der Waals surface area (Å²) in [6.07, 6.45) is 1.37. The van der Waals surface area contributed by atoms with Gasteiger partial charge in [-0.1, -0.05) is 11.6 Å². The average Bonchev–Trinajstić information content (AvgIpc) is 2.58. The van der Waals surface area contributed by atoms with Crippen molar-refractivity contribution in [3.05, 3.63) is 58.6 Å². The van der Waals surface area contributed by atoms with Gasteiger partial charge < -0.3 is 10.1 Å². The molecule has 0 spiro atoms. The van der Waals surface area contributed by atoms with Crippen LogP contribution in [0.25, 0.3) is 11.0 Å². The summed E-state index contributed by atoms with van der Waals surface area (Å²) >= 11 is 5.95. The molecular formula is C18H15ClFN3O2. The molecule has 0 saturated carbocycles. The standard InChI is InChI=1S/C18H15ClFN3O2/c1-3-25-18(24)13-9-21-17-12(6-4-10(2)22-17)16(13)23-15-8-11(19)5-7-14(15)20/h4-9H,3H2,1-2H3,(H,21,22,23). The fourth-order valence-electron chi connectivity index (χ4n) is 2.40. The minimum absolute atomic E-state index is 0.145. The van der Waals surface area contributed by atoms with E-state index in [-0.39, 0.29) is 17.9 Å². The summed E-state index contributed by atoms with van der Waals surface area (Å²) in [4.78, 5) is 20.8. The number of aromatic nitrogens is 2. The maximum absolute atomic E-state index is 14.1. The first-order valence-electron chi connectivity index (χ1n) is 7.65. The van der Waals surface area contributed by atoms with Crippen LogP contribution in [0.4, 0.5) is 15.8 Å². The summed E-state index contributed by atoms with van der Waals surface area (Å²) in [5.41, 5.74) is 1.93. The number of carbonyl (C=O) groups excluding carboxylic acids is 1. The number of fused-ring (bicyclic) bond motifs is 1. The number of esters is 1. The molecule has 0 radical (unpaired) electrons. The third kappa shape index (κ3) is 3.53. The van der Waals surface area contributed by atoms with Crippen molar-refractivity contribution < 1.29 is 13.9 Å². The van der Waals surface area contributed by atoms with Crippen molar-refractivity contribution in [3.63, 3.8) is 0 Å². The van der Waals surface area contributed by atoms with Crippen molar-refractivity contribution in [2.24, 2.45) is 0 Å². The van der Waals surface area contributed by atoms with E-state index in [1.54, 1.807) is 19.1 Å². The zero-order chi connectivity index (χ0) is 18.0. The number of rotatable bonds is 4. The van der Waals surface area contributed by atoms with Gasteiger partial charge in [0.05, 0.1) is 18.0 Å². The normalized spacial score (nSPS) is 10.7. The fourth-order valence-corrected chi connectivity index (χ4v) is 2.57. The molecule has 1 aromatic carbocycles. The van der Waals surface area contributed by atoms with Crippen LogP contribution in [0.1, 0.15) is 23.0 Å². The van der Waals surface area contributed by atoms with E-state index in [4.69, 9.17) is 16.3 Å². The number of hydrogen-bond donors (Lipinski definition) is 1. The lowest BCUT2D eigenvalue weighted by molar-refractivity contribution is 0.0527. The van der Waals surface area contributed by atoms with E-state index >= 15 is 0 Å². The molecule has 0 saturated heterocycles. The number of benzene rings is 1. The molecule has 1 N–H and O–H groups in total. The second-order valence-corrected chi connectivity index (χ2v) is 5.78. The molecule has 0 unspecified atom stereocenters. The SMILES string of the molecule is CCOC(=O)c1cnc2nc(C)ccc2c1Nc1cc(Cl)ccc1F. The molecule has 0 aliphatic rings. The van der Waals surface area contributed by atoms with E-state index in [9.17, 15) is 9.18 Å². The Balaban J connectivity index is 2.19. The predicted octanol–water partition coefficient (Wildman–Crippen LogP) is 4.65. The largest absolute Gasteiger partial charge is 0.462 e. The highest BCUT2D eigenvalue weighted by molar-refractivity contribution is 6.30. The maximum Gasteiger partial charge on any atom is 0.341 e. The van der Waals surface area contributed by atoms with Gasteiger partial charge in [-0.25, -0.2) is 19.2 Å². The Bertz CT molecular complexity index is 962. The Kier molecular flexibility index (Phi) is 4.81. The lowest BCUT2D eigenvalue weighted by Crippen LogP contribution is -2.10. The summed E-state index contributed by atoms with van der Waals surface area (Å²) in [6.45, 7) is 3.76. The first-order valence-corrected chi connectivity index (χ1v) is 8.03. The van der Waals surface area contributed by atoms with Gasteiger partial charge in [-0.3, -0.25) is 0 Å². The summed E-state index contributed by atoms with van der Waals surface area (Å²) in [6, 6.07) is 7.71. The van der Waals surface area contributed by atoms with E-state index in [0.29, 0.717) is 21.7 Å². The van der Waals surface area contributed by atoms with Crippen LogP contribution in [0, 0.1) is 12.7 Å². The van der Waals surface area contributed by atoms with Crippen LogP contribution in [-0.2, 0) is 4.74 Å². The van der Waals surface area contributed by atoms with Crippen LogP contribution in [0.2, 0.25) is 5.02 Å². The first-order chi connectivity index (χ1) is 12.0. The monoisotopic (exact) mass is 359 g/mol. The van der Waals surface area contributed by atoms with Crippen LogP contribution in [-0.4, -0.2) is 22.5 Å². The van der Waals surface area contributed by atoms with Gasteiger partial charge in [0.15, 0.2) is 5.65 Å². The molecule has 7 heteroatoms. The first kappa shape index (κ1) is 17.1. The van der Waals surface area contributed by atoms with Crippen molar-refractivity contribution >= 4 is 40.0 Å². The second kappa shape index (κ2) is 7.03. The minimum Gasteiger partial charge on any atom is -0.462 e. The van der Waals surface area contributed by atoms with Crippen LogP contribution in [0.15, 0.2) is 36.5 Å². The zero-order valence-electron chi connectivity index (χ0n) is 13.6. The zero-order valence-corrected chi connectivity index (χ0v) is 14.4. The Morgan fingerprint density at radius 1 is 1.32 bits per heavy atom. The van der Waals surface area contributed by atoms with Crippen molar-refractivity contribution in [1.29, 1.82) is 0 Å². The second-order valence-electron chi connectivity index (χ2n) is 5.34. The molecule has 128 valence electrons. The summed E-state index contributed by atoms with van der Waals surface area (Å²) in [7, 11) is 0. The predicted molar refractivity (Wildman–Crippen MR) is 94.9 cm³/mol. The summed E-state index contributed by atoms with van der Waals surface area (Å²) < 4.78 is 19.2. The van der Waals surface area contributed by atoms with E-state index in [1.807, 2.05) is 6.92 Å². The number of pyridine rings is 2. The number of aryl methyl sites for hydroxylation is 1. The molecule has 25 heavy (non-hydrogen) atoms. The summed E-state index contributed by atoms with van der Waals surface area (Å²) in [5.74, 6) is -1.05. The number of halogens is 2. The van der Waals surface area contributed by atoms with E-state index < -0.39 is 11.8 Å². The Labute approximate surface area is 148 Å². The van der Waals surface area contributed by atoms with E-state index in [1.165, 1.54) is 24.4 Å². The van der Waals surface area contributed by atoms with Crippen LogP contribution in [0.3, 0.4) is 0 Å². The smallest absolute Gasteiger partial charge is 0.341 e. The van der Waals surface area contributed by atoms with Gasteiger partial charge in [0, 0.05) is 22.3 Å². The van der Waals surface area contributed by atoms with E-state index in [2.05, 4.69) is 15.3 Å². The average molecular weight is 360 g/mol. The third-order valence-corrected chi connectivity index (χ3v) is 3.79. The number of carbonyl (C=O) groups is 1. The molecule has 3 rings (SSSR count). The van der Waals surface area contributed by atoms with E-state index in [0.717, 1.165) is 5.69 Å². The Morgan fingerprint density at radius 3 is 2.88 bits per heavy atom. The number of nitrogens with one attached hydrogen (secondary N) is 1. The number of anilines is 2.